The molecule has 0 unspecified atom stereocenters. The first-order valence-corrected chi connectivity index (χ1v) is 7.49. The maximum Gasteiger partial charge on any atom is 0.139 e. The normalized spacial score (nSPS) is 18.4. The number of hydrogen-bond donors (Lipinski definition) is 2. The first-order valence-electron chi connectivity index (χ1n) is 7.11. The second-order valence-electron chi connectivity index (χ2n) is 5.76. The zero-order chi connectivity index (χ0) is 14.7. The molecule has 1 aliphatic heterocycles. The van der Waals surface area contributed by atoms with Crippen molar-refractivity contribution in [1.82, 2.24) is 10.2 Å². The zero-order valence-corrected chi connectivity index (χ0v) is 12.8. The molecule has 0 aliphatic carbocycles. The van der Waals surface area contributed by atoms with Crippen molar-refractivity contribution in [2.75, 3.05) is 26.2 Å². The Hall–Kier alpha value is -0.840. The van der Waals surface area contributed by atoms with E-state index < -0.39 is 5.82 Å². The number of halogens is 2. The van der Waals surface area contributed by atoms with Crippen molar-refractivity contribution in [1.29, 1.82) is 0 Å². The van der Waals surface area contributed by atoms with Crippen LogP contribution in [0, 0.1) is 11.7 Å². The van der Waals surface area contributed by atoms with Gasteiger partial charge in [0.05, 0.1) is 5.02 Å². The first kappa shape index (κ1) is 15.5. The minimum absolute atomic E-state index is 0.00491. The Morgan fingerprint density at radius 2 is 2.00 bits per heavy atom. The monoisotopic (exact) mass is 300 g/mol. The Morgan fingerprint density at radius 3 is 2.60 bits per heavy atom. The summed E-state index contributed by atoms with van der Waals surface area (Å²) in [5.41, 5.74) is 0.602. The zero-order valence-electron chi connectivity index (χ0n) is 12.0. The van der Waals surface area contributed by atoms with E-state index in [1.165, 1.54) is 6.07 Å². The lowest BCUT2D eigenvalue weighted by molar-refractivity contribution is 0.151. The lowest BCUT2D eigenvalue weighted by Gasteiger charge is -2.36. The molecule has 5 heteroatoms. The van der Waals surface area contributed by atoms with Crippen molar-refractivity contribution in [3.8, 4) is 5.75 Å². The number of benzene rings is 1. The quantitative estimate of drug-likeness (QED) is 0.896. The molecular formula is C15H22ClFN2O. The van der Waals surface area contributed by atoms with Gasteiger partial charge < -0.3 is 10.4 Å². The summed E-state index contributed by atoms with van der Waals surface area (Å²) >= 11 is 5.92. The van der Waals surface area contributed by atoms with Gasteiger partial charge in [-0.05, 0) is 24.5 Å². The number of phenolic OH excluding ortho intramolecular Hbond substituents is 1. The summed E-state index contributed by atoms with van der Waals surface area (Å²) in [4.78, 5) is 2.29. The molecule has 1 fully saturated rings. The summed E-state index contributed by atoms with van der Waals surface area (Å²) in [5.74, 6) is 0.0697. The lowest BCUT2D eigenvalue weighted by atomic mass is 9.94. The fourth-order valence-electron chi connectivity index (χ4n) is 2.75. The molecule has 0 aromatic heterocycles. The van der Waals surface area contributed by atoms with E-state index in [1.54, 1.807) is 0 Å². The van der Waals surface area contributed by atoms with E-state index >= 15 is 0 Å². The van der Waals surface area contributed by atoms with Crippen LogP contribution in [0.25, 0.3) is 0 Å². The Kier molecular flexibility index (Phi) is 5.24. The number of phenols is 1. The van der Waals surface area contributed by atoms with E-state index in [1.807, 2.05) is 0 Å². The molecule has 0 spiro atoms. The molecule has 0 amide bonds. The van der Waals surface area contributed by atoms with Crippen LogP contribution in [0.15, 0.2) is 12.1 Å². The summed E-state index contributed by atoms with van der Waals surface area (Å²) in [5, 5.41) is 13.6. The topological polar surface area (TPSA) is 35.5 Å². The Labute approximate surface area is 124 Å². The van der Waals surface area contributed by atoms with Gasteiger partial charge in [-0.15, -0.1) is 0 Å². The van der Waals surface area contributed by atoms with E-state index in [2.05, 4.69) is 24.1 Å². The molecule has 0 bridgehead atoms. The molecule has 2 rings (SSSR count). The van der Waals surface area contributed by atoms with E-state index in [9.17, 15) is 9.50 Å². The second kappa shape index (κ2) is 6.74. The number of nitrogens with one attached hydrogen (secondary N) is 1. The Morgan fingerprint density at radius 1 is 1.35 bits per heavy atom. The summed E-state index contributed by atoms with van der Waals surface area (Å²) in [6.45, 7) is 7.88. The van der Waals surface area contributed by atoms with Gasteiger partial charge in [-0.25, -0.2) is 4.39 Å². The SMILES string of the molecule is CC(C)C[C@H](c1cc(F)cc(Cl)c1O)N1CCNCC1. The summed E-state index contributed by atoms with van der Waals surface area (Å²) in [7, 11) is 0. The molecule has 20 heavy (non-hydrogen) atoms. The number of aromatic hydroxyl groups is 1. The van der Waals surface area contributed by atoms with Crippen LogP contribution in [-0.4, -0.2) is 36.2 Å². The van der Waals surface area contributed by atoms with Crippen LogP contribution < -0.4 is 5.32 Å². The minimum Gasteiger partial charge on any atom is -0.506 e. The molecule has 1 saturated heterocycles. The van der Waals surface area contributed by atoms with Crippen molar-refractivity contribution in [3.05, 3.63) is 28.5 Å². The van der Waals surface area contributed by atoms with Gasteiger partial charge in [0.1, 0.15) is 11.6 Å². The minimum atomic E-state index is -0.397. The predicted octanol–water partition coefficient (Wildman–Crippen LogP) is 3.18. The third-order valence-electron chi connectivity index (χ3n) is 3.70. The van der Waals surface area contributed by atoms with Gasteiger partial charge in [-0.1, -0.05) is 25.4 Å². The number of hydrogen-bond acceptors (Lipinski definition) is 3. The van der Waals surface area contributed by atoms with Gasteiger partial charge in [0, 0.05) is 37.8 Å². The molecule has 1 aromatic carbocycles. The number of piperazine rings is 1. The van der Waals surface area contributed by atoms with Gasteiger partial charge in [0.2, 0.25) is 0 Å². The molecule has 1 aliphatic rings. The molecule has 112 valence electrons. The van der Waals surface area contributed by atoms with Crippen LogP contribution in [0.3, 0.4) is 0 Å². The summed E-state index contributed by atoms with van der Waals surface area (Å²) < 4.78 is 13.6. The highest BCUT2D eigenvalue weighted by atomic mass is 35.5. The van der Waals surface area contributed by atoms with Crippen LogP contribution in [0.2, 0.25) is 5.02 Å². The van der Waals surface area contributed by atoms with Crippen molar-refractivity contribution >= 4 is 11.6 Å². The highest BCUT2D eigenvalue weighted by Gasteiger charge is 2.26. The van der Waals surface area contributed by atoms with Crippen LogP contribution in [-0.2, 0) is 0 Å². The molecule has 3 nitrogen and oxygen atoms in total. The van der Waals surface area contributed by atoms with Gasteiger partial charge >= 0.3 is 0 Å². The van der Waals surface area contributed by atoms with E-state index in [0.717, 1.165) is 38.7 Å². The molecular weight excluding hydrogens is 279 g/mol. The fraction of sp³-hybridized carbons (Fsp3) is 0.600. The van der Waals surface area contributed by atoms with Crippen LogP contribution in [0.4, 0.5) is 4.39 Å². The average Bonchev–Trinajstić information content (AvgIpc) is 2.41. The molecule has 1 heterocycles. The van der Waals surface area contributed by atoms with Crippen molar-refractivity contribution < 1.29 is 9.50 Å². The first-order chi connectivity index (χ1) is 9.49. The molecule has 1 atom stereocenters. The predicted molar refractivity (Wildman–Crippen MR) is 79.7 cm³/mol. The third kappa shape index (κ3) is 3.62. The average molecular weight is 301 g/mol. The van der Waals surface area contributed by atoms with E-state index in [0.29, 0.717) is 11.5 Å². The molecule has 0 radical (unpaired) electrons. The molecule has 2 N–H and O–H groups in total. The smallest absolute Gasteiger partial charge is 0.139 e. The van der Waals surface area contributed by atoms with E-state index in [-0.39, 0.29) is 16.8 Å². The van der Waals surface area contributed by atoms with Crippen LogP contribution in [0.1, 0.15) is 31.9 Å². The summed E-state index contributed by atoms with van der Waals surface area (Å²) in [6, 6.07) is 2.58. The third-order valence-corrected chi connectivity index (χ3v) is 3.99. The fourth-order valence-corrected chi connectivity index (χ4v) is 2.97. The second-order valence-corrected chi connectivity index (χ2v) is 6.16. The van der Waals surface area contributed by atoms with Crippen LogP contribution in [0.5, 0.6) is 5.75 Å². The maximum absolute atomic E-state index is 13.6. The van der Waals surface area contributed by atoms with Crippen molar-refractivity contribution in [2.45, 2.75) is 26.3 Å². The largest absolute Gasteiger partial charge is 0.506 e. The molecule has 1 aromatic rings. The van der Waals surface area contributed by atoms with Gasteiger partial charge in [-0.3, -0.25) is 4.90 Å². The highest BCUT2D eigenvalue weighted by molar-refractivity contribution is 6.32. The van der Waals surface area contributed by atoms with Gasteiger partial charge in [0.15, 0.2) is 0 Å². The number of nitrogens with zero attached hydrogens (tertiary/aromatic N) is 1. The van der Waals surface area contributed by atoms with Gasteiger partial charge in [0.25, 0.3) is 0 Å². The van der Waals surface area contributed by atoms with Gasteiger partial charge in [-0.2, -0.15) is 0 Å². The standard InChI is InChI=1S/C15H22ClFN2O/c1-10(2)7-14(19-5-3-18-4-6-19)12-8-11(17)9-13(16)15(12)20/h8-10,14,18,20H,3-7H2,1-2H3/t14-/m1/s1. The van der Waals surface area contributed by atoms with Crippen molar-refractivity contribution in [2.24, 2.45) is 5.92 Å². The number of rotatable bonds is 4. The van der Waals surface area contributed by atoms with Crippen LogP contribution >= 0.6 is 11.6 Å². The Bertz CT molecular complexity index is 461. The maximum atomic E-state index is 13.6. The summed E-state index contributed by atoms with van der Waals surface area (Å²) in [6.07, 6.45) is 0.868. The van der Waals surface area contributed by atoms with E-state index in [4.69, 9.17) is 11.6 Å². The lowest BCUT2D eigenvalue weighted by Crippen LogP contribution is -2.45. The van der Waals surface area contributed by atoms with Crippen molar-refractivity contribution in [3.63, 3.8) is 0 Å². The highest BCUT2D eigenvalue weighted by Crippen LogP contribution is 2.38. The Balaban J connectivity index is 2.34. The molecule has 0 saturated carbocycles.